The first kappa shape index (κ1) is 15.0. The van der Waals surface area contributed by atoms with Crippen molar-refractivity contribution in [3.05, 3.63) is 29.8 Å². The summed E-state index contributed by atoms with van der Waals surface area (Å²) in [5, 5.41) is 12.3. The molecule has 0 spiro atoms. The highest BCUT2D eigenvalue weighted by molar-refractivity contribution is 5.29. The molecule has 0 amide bonds. The molecule has 0 saturated carbocycles. The van der Waals surface area contributed by atoms with E-state index >= 15 is 0 Å². The molecule has 1 rings (SSSR count). The molecule has 0 fully saturated rings. The molecule has 102 valence electrons. The van der Waals surface area contributed by atoms with Crippen LogP contribution in [0.2, 0.25) is 0 Å². The van der Waals surface area contributed by atoms with E-state index < -0.39 is 0 Å². The Balaban J connectivity index is 2.48. The first-order chi connectivity index (χ1) is 8.67. The van der Waals surface area contributed by atoms with E-state index in [2.05, 4.69) is 12.2 Å². The smallest absolute Gasteiger partial charge is 0.119 e. The zero-order chi connectivity index (χ0) is 13.4. The van der Waals surface area contributed by atoms with E-state index in [1.54, 1.807) is 7.11 Å². The molecule has 18 heavy (non-hydrogen) atoms. The van der Waals surface area contributed by atoms with Crippen LogP contribution in [0, 0.1) is 0 Å². The number of hydrogen-bond acceptors (Lipinski definition) is 4. The van der Waals surface area contributed by atoms with Gasteiger partial charge in [0.25, 0.3) is 0 Å². The maximum Gasteiger partial charge on any atom is 0.119 e. The molecule has 4 nitrogen and oxygen atoms in total. The molecule has 0 aliphatic carbocycles. The van der Waals surface area contributed by atoms with Crippen LogP contribution in [0.4, 0.5) is 0 Å². The molecule has 0 aliphatic rings. The van der Waals surface area contributed by atoms with Crippen LogP contribution in [0.25, 0.3) is 0 Å². The summed E-state index contributed by atoms with van der Waals surface area (Å²) in [7, 11) is 1.65. The number of hydrogen-bond donors (Lipinski definition) is 2. The molecule has 0 radical (unpaired) electrons. The Bertz CT molecular complexity index is 326. The van der Waals surface area contributed by atoms with E-state index in [0.717, 1.165) is 5.75 Å². The van der Waals surface area contributed by atoms with Crippen molar-refractivity contribution in [2.75, 3.05) is 26.9 Å². The Labute approximate surface area is 109 Å². The maximum absolute atomic E-state index is 9.00. The Morgan fingerprint density at radius 3 is 2.39 bits per heavy atom. The molecule has 2 atom stereocenters. The molecule has 0 aromatic heterocycles. The van der Waals surface area contributed by atoms with Crippen LogP contribution in [0.1, 0.15) is 25.5 Å². The third-order valence-electron chi connectivity index (χ3n) is 2.74. The number of methoxy groups -OCH3 is 1. The summed E-state index contributed by atoms with van der Waals surface area (Å²) in [6.45, 7) is 5.33. The van der Waals surface area contributed by atoms with Gasteiger partial charge in [-0.05, 0) is 31.5 Å². The molecule has 2 N–H and O–H groups in total. The highest BCUT2D eigenvalue weighted by Gasteiger charge is 2.08. The Hall–Kier alpha value is -1.10. The summed E-state index contributed by atoms with van der Waals surface area (Å²) in [5.74, 6) is 0.846. The highest BCUT2D eigenvalue weighted by atomic mass is 16.5. The van der Waals surface area contributed by atoms with Gasteiger partial charge in [-0.15, -0.1) is 0 Å². The van der Waals surface area contributed by atoms with Gasteiger partial charge in [0.15, 0.2) is 0 Å². The number of ether oxygens (including phenoxy) is 2. The zero-order valence-corrected chi connectivity index (χ0v) is 11.3. The van der Waals surface area contributed by atoms with Gasteiger partial charge in [0.05, 0.1) is 13.2 Å². The summed E-state index contributed by atoms with van der Waals surface area (Å²) in [4.78, 5) is 0. The van der Waals surface area contributed by atoms with Crippen LogP contribution in [-0.2, 0) is 4.74 Å². The summed E-state index contributed by atoms with van der Waals surface area (Å²) in [5.41, 5.74) is 1.18. The molecule has 1 aromatic carbocycles. The molecule has 0 heterocycles. The number of aliphatic hydroxyl groups excluding tert-OH is 1. The fraction of sp³-hybridized carbons (Fsp3) is 0.571. The minimum absolute atomic E-state index is 0.0950. The van der Waals surface area contributed by atoms with Crippen molar-refractivity contribution in [2.45, 2.75) is 25.9 Å². The van der Waals surface area contributed by atoms with Crippen LogP contribution in [0.15, 0.2) is 24.3 Å². The van der Waals surface area contributed by atoms with Crippen molar-refractivity contribution in [3.63, 3.8) is 0 Å². The maximum atomic E-state index is 9.00. The summed E-state index contributed by atoms with van der Waals surface area (Å²) < 4.78 is 10.4. The van der Waals surface area contributed by atoms with E-state index in [9.17, 15) is 0 Å². The number of nitrogens with one attached hydrogen (secondary N) is 1. The Kier molecular flexibility index (Phi) is 6.72. The molecule has 1 aromatic rings. The number of aliphatic hydroxyl groups is 1. The average Bonchev–Trinajstić information content (AvgIpc) is 2.39. The lowest BCUT2D eigenvalue weighted by molar-refractivity contribution is 0.146. The van der Waals surface area contributed by atoms with E-state index in [1.165, 1.54) is 5.56 Å². The first-order valence-electron chi connectivity index (χ1n) is 6.26. The van der Waals surface area contributed by atoms with E-state index in [4.69, 9.17) is 14.6 Å². The third-order valence-corrected chi connectivity index (χ3v) is 2.74. The van der Waals surface area contributed by atoms with Crippen molar-refractivity contribution >= 4 is 0 Å². The lowest BCUT2D eigenvalue weighted by Crippen LogP contribution is -2.31. The molecular weight excluding hydrogens is 230 g/mol. The van der Waals surface area contributed by atoms with E-state index in [-0.39, 0.29) is 18.7 Å². The van der Waals surface area contributed by atoms with Gasteiger partial charge in [0, 0.05) is 19.2 Å². The Morgan fingerprint density at radius 1 is 1.17 bits per heavy atom. The van der Waals surface area contributed by atoms with Gasteiger partial charge in [-0.25, -0.2) is 0 Å². The lowest BCUT2D eigenvalue weighted by atomic mass is 10.1. The predicted molar refractivity (Wildman–Crippen MR) is 71.9 cm³/mol. The predicted octanol–water partition coefficient (Wildman–Crippen LogP) is 1.74. The summed E-state index contributed by atoms with van der Waals surface area (Å²) in [6.07, 6.45) is 0. The second-order valence-electron chi connectivity index (χ2n) is 4.38. The van der Waals surface area contributed by atoms with Gasteiger partial charge in [0.1, 0.15) is 12.4 Å². The summed E-state index contributed by atoms with van der Waals surface area (Å²) >= 11 is 0. The van der Waals surface area contributed by atoms with E-state index in [1.807, 2.05) is 31.2 Å². The second kappa shape index (κ2) is 8.08. The SMILES string of the molecule is COCCOc1ccc(C(C)N[C@H](C)CO)cc1. The van der Waals surface area contributed by atoms with Gasteiger partial charge in [-0.1, -0.05) is 12.1 Å². The van der Waals surface area contributed by atoms with Crippen molar-refractivity contribution in [1.29, 1.82) is 0 Å². The zero-order valence-electron chi connectivity index (χ0n) is 11.3. The minimum Gasteiger partial charge on any atom is -0.491 e. The number of rotatable bonds is 8. The number of benzene rings is 1. The quantitative estimate of drug-likeness (QED) is 0.693. The fourth-order valence-corrected chi connectivity index (χ4v) is 1.67. The van der Waals surface area contributed by atoms with E-state index in [0.29, 0.717) is 13.2 Å². The highest BCUT2D eigenvalue weighted by Crippen LogP contribution is 2.17. The fourth-order valence-electron chi connectivity index (χ4n) is 1.67. The van der Waals surface area contributed by atoms with Gasteiger partial charge in [-0.3, -0.25) is 0 Å². The Morgan fingerprint density at radius 2 is 1.83 bits per heavy atom. The van der Waals surface area contributed by atoms with Crippen LogP contribution < -0.4 is 10.1 Å². The van der Waals surface area contributed by atoms with Crippen LogP contribution in [-0.4, -0.2) is 38.1 Å². The van der Waals surface area contributed by atoms with Crippen LogP contribution in [0.5, 0.6) is 5.75 Å². The second-order valence-corrected chi connectivity index (χ2v) is 4.38. The lowest BCUT2D eigenvalue weighted by Gasteiger charge is -2.19. The average molecular weight is 253 g/mol. The molecule has 0 saturated heterocycles. The normalized spacial score (nSPS) is 14.2. The third kappa shape index (κ3) is 5.04. The molecular formula is C14H23NO3. The first-order valence-corrected chi connectivity index (χ1v) is 6.26. The largest absolute Gasteiger partial charge is 0.491 e. The van der Waals surface area contributed by atoms with Crippen LogP contribution >= 0.6 is 0 Å². The van der Waals surface area contributed by atoms with Gasteiger partial charge in [0.2, 0.25) is 0 Å². The van der Waals surface area contributed by atoms with Crippen molar-refractivity contribution in [2.24, 2.45) is 0 Å². The topological polar surface area (TPSA) is 50.7 Å². The molecule has 0 aliphatic heterocycles. The standard InChI is InChI=1S/C14H23NO3/c1-11(10-16)15-12(2)13-4-6-14(7-5-13)18-9-8-17-3/h4-7,11-12,15-16H,8-10H2,1-3H3/t11-,12?/m1/s1. The van der Waals surface area contributed by atoms with Gasteiger partial charge in [-0.2, -0.15) is 0 Å². The summed E-state index contributed by atoms with van der Waals surface area (Å²) in [6, 6.07) is 8.27. The van der Waals surface area contributed by atoms with Crippen LogP contribution in [0.3, 0.4) is 0 Å². The monoisotopic (exact) mass is 253 g/mol. The van der Waals surface area contributed by atoms with Crippen molar-refractivity contribution in [1.82, 2.24) is 5.32 Å². The van der Waals surface area contributed by atoms with Gasteiger partial charge < -0.3 is 19.9 Å². The molecule has 4 heteroatoms. The van der Waals surface area contributed by atoms with Crippen molar-refractivity contribution < 1.29 is 14.6 Å². The molecule has 1 unspecified atom stereocenters. The van der Waals surface area contributed by atoms with Gasteiger partial charge >= 0.3 is 0 Å². The molecule has 0 bridgehead atoms. The van der Waals surface area contributed by atoms with Crippen molar-refractivity contribution in [3.8, 4) is 5.75 Å². The minimum atomic E-state index is 0.0950.